The number of nitrogens with zero attached hydrogens (tertiary/aromatic N) is 2. The van der Waals surface area contributed by atoms with E-state index in [1.807, 2.05) is 0 Å². The van der Waals surface area contributed by atoms with Crippen LogP contribution in [0.4, 0.5) is 11.4 Å². The minimum Gasteiger partial charge on any atom is -0.345 e. The van der Waals surface area contributed by atoms with Gasteiger partial charge >= 0.3 is 0 Å². The maximum Gasteiger partial charge on any atom is 0.213 e. The minimum absolute atomic E-state index is 0.0334. The van der Waals surface area contributed by atoms with Crippen LogP contribution in [-0.4, -0.2) is 7.05 Å². The van der Waals surface area contributed by atoms with Crippen LogP contribution in [0.15, 0.2) is 146 Å². The highest BCUT2D eigenvalue weighted by Gasteiger charge is 2.58. The third-order valence-corrected chi connectivity index (χ3v) is 11.2. The van der Waals surface area contributed by atoms with E-state index in [2.05, 4.69) is 190 Å². The standard InChI is InChI=1S/C45H45N2/c1-6-44(4)42-26-25-36(32-41(42)43-24-15-16-27-47(43)45(44,7-2)8-3)35-22-17-23-39(29-35)46(5)40-30-37(33-18-11-9-12-19-33)28-38(31-40)34-20-13-10-14-21-34/h9-32H,6-8H2,1-5H3/q+1. The molecule has 1 unspecified atom stereocenters. The Bertz CT molecular complexity index is 1970. The van der Waals surface area contributed by atoms with Crippen LogP contribution in [0, 0.1) is 0 Å². The molecule has 0 bridgehead atoms. The summed E-state index contributed by atoms with van der Waals surface area (Å²) in [6.45, 7) is 9.58. The summed E-state index contributed by atoms with van der Waals surface area (Å²) in [7, 11) is 2.18. The van der Waals surface area contributed by atoms with Crippen molar-refractivity contribution in [1.82, 2.24) is 0 Å². The van der Waals surface area contributed by atoms with Crippen LogP contribution in [0.25, 0.3) is 44.6 Å². The molecule has 0 radical (unpaired) electrons. The van der Waals surface area contributed by atoms with Gasteiger partial charge in [-0.05, 0) is 94.8 Å². The summed E-state index contributed by atoms with van der Waals surface area (Å²) < 4.78 is 2.59. The molecule has 0 saturated heterocycles. The highest BCUT2D eigenvalue weighted by molar-refractivity contribution is 5.82. The molecule has 1 aliphatic rings. The Labute approximate surface area is 281 Å². The SMILES string of the molecule is CCC1(C)c2ccc(-c3cccc(N(C)c4cc(-c5ccccc5)cc(-c5ccccc5)c4)c3)cc2-c2cccc[n+]2C1(CC)CC. The van der Waals surface area contributed by atoms with Gasteiger partial charge in [0, 0.05) is 43.4 Å². The Morgan fingerprint density at radius 2 is 1.09 bits per heavy atom. The van der Waals surface area contributed by atoms with Crippen LogP contribution in [0.1, 0.15) is 52.5 Å². The third kappa shape index (κ3) is 5.08. The van der Waals surface area contributed by atoms with E-state index in [1.165, 1.54) is 50.2 Å². The van der Waals surface area contributed by atoms with Crippen molar-refractivity contribution in [2.24, 2.45) is 0 Å². The van der Waals surface area contributed by atoms with Gasteiger partial charge in [-0.15, -0.1) is 0 Å². The second kappa shape index (κ2) is 12.3. The number of benzene rings is 5. The van der Waals surface area contributed by atoms with Crippen LogP contribution >= 0.6 is 0 Å². The fourth-order valence-corrected chi connectivity index (χ4v) is 8.30. The fraction of sp³-hybridized carbons (Fsp3) is 0.222. The molecule has 6 aromatic rings. The predicted molar refractivity (Wildman–Crippen MR) is 199 cm³/mol. The molecule has 0 aliphatic carbocycles. The highest BCUT2D eigenvalue weighted by atomic mass is 15.1. The number of fused-ring (bicyclic) bond motifs is 3. The maximum absolute atomic E-state index is 2.59. The summed E-state index contributed by atoms with van der Waals surface area (Å²) in [6, 6.07) is 51.2. The Morgan fingerprint density at radius 3 is 1.70 bits per heavy atom. The highest BCUT2D eigenvalue weighted by Crippen LogP contribution is 2.51. The molecule has 5 aromatic carbocycles. The first-order valence-electron chi connectivity index (χ1n) is 17.2. The topological polar surface area (TPSA) is 7.12 Å². The van der Waals surface area contributed by atoms with Gasteiger partial charge in [-0.2, -0.15) is 4.57 Å². The summed E-state index contributed by atoms with van der Waals surface area (Å²) in [5.74, 6) is 0. The van der Waals surface area contributed by atoms with E-state index in [-0.39, 0.29) is 11.0 Å². The van der Waals surface area contributed by atoms with Gasteiger partial charge in [0.15, 0.2) is 11.7 Å². The third-order valence-electron chi connectivity index (χ3n) is 11.2. The number of aromatic nitrogens is 1. The molecule has 0 saturated carbocycles. The van der Waals surface area contributed by atoms with Crippen LogP contribution in [0.3, 0.4) is 0 Å². The summed E-state index contributed by atoms with van der Waals surface area (Å²) in [4.78, 5) is 2.32. The van der Waals surface area contributed by atoms with E-state index in [0.717, 1.165) is 30.6 Å². The molecule has 1 atom stereocenters. The normalized spacial score (nSPS) is 16.3. The van der Waals surface area contributed by atoms with E-state index < -0.39 is 0 Å². The molecule has 2 heterocycles. The first kappa shape index (κ1) is 30.7. The second-order valence-corrected chi connectivity index (χ2v) is 13.3. The maximum atomic E-state index is 2.59. The molecular formula is C45H45N2+. The van der Waals surface area contributed by atoms with Gasteiger partial charge in [0.2, 0.25) is 5.69 Å². The lowest BCUT2D eigenvalue weighted by atomic mass is 9.58. The Hall–Kier alpha value is -4.95. The van der Waals surface area contributed by atoms with Gasteiger partial charge in [-0.1, -0.05) is 106 Å². The van der Waals surface area contributed by atoms with Gasteiger partial charge in [-0.3, -0.25) is 0 Å². The molecule has 234 valence electrons. The molecule has 0 spiro atoms. The quantitative estimate of drug-likeness (QED) is 0.155. The van der Waals surface area contributed by atoms with Crippen molar-refractivity contribution in [3.8, 4) is 44.6 Å². The second-order valence-electron chi connectivity index (χ2n) is 13.3. The molecule has 0 amide bonds. The molecular weight excluding hydrogens is 569 g/mol. The summed E-state index contributed by atoms with van der Waals surface area (Å²) in [6.07, 6.45) is 5.61. The molecule has 2 heteroatoms. The smallest absolute Gasteiger partial charge is 0.213 e. The Kier molecular flexibility index (Phi) is 8.06. The Morgan fingerprint density at radius 1 is 0.511 bits per heavy atom. The van der Waals surface area contributed by atoms with Gasteiger partial charge in [-0.25, -0.2) is 0 Å². The van der Waals surface area contributed by atoms with E-state index in [1.54, 1.807) is 0 Å². The molecule has 7 rings (SSSR count). The van der Waals surface area contributed by atoms with Crippen molar-refractivity contribution >= 4 is 11.4 Å². The number of hydrogen-bond acceptors (Lipinski definition) is 1. The van der Waals surface area contributed by atoms with E-state index in [4.69, 9.17) is 0 Å². The van der Waals surface area contributed by atoms with Crippen molar-refractivity contribution in [3.63, 3.8) is 0 Å². The zero-order chi connectivity index (χ0) is 32.6. The van der Waals surface area contributed by atoms with Crippen LogP contribution in [-0.2, 0) is 11.0 Å². The lowest BCUT2D eigenvalue weighted by molar-refractivity contribution is -0.769. The van der Waals surface area contributed by atoms with Crippen molar-refractivity contribution < 1.29 is 4.57 Å². The van der Waals surface area contributed by atoms with Crippen molar-refractivity contribution in [1.29, 1.82) is 0 Å². The first-order valence-corrected chi connectivity index (χ1v) is 17.2. The fourth-order valence-electron chi connectivity index (χ4n) is 8.30. The first-order chi connectivity index (χ1) is 22.9. The van der Waals surface area contributed by atoms with Crippen molar-refractivity contribution in [2.45, 2.75) is 57.9 Å². The number of rotatable bonds is 8. The molecule has 1 aromatic heterocycles. The summed E-state index contributed by atoms with van der Waals surface area (Å²) >= 11 is 0. The largest absolute Gasteiger partial charge is 0.345 e. The van der Waals surface area contributed by atoms with E-state index in [9.17, 15) is 0 Å². The average molecular weight is 614 g/mol. The zero-order valence-electron chi connectivity index (χ0n) is 28.4. The van der Waals surface area contributed by atoms with E-state index in [0.29, 0.717) is 0 Å². The molecule has 2 nitrogen and oxygen atoms in total. The van der Waals surface area contributed by atoms with Crippen LogP contribution < -0.4 is 9.47 Å². The average Bonchev–Trinajstić information content (AvgIpc) is 3.15. The summed E-state index contributed by atoms with van der Waals surface area (Å²) in [5, 5.41) is 0. The van der Waals surface area contributed by atoms with Crippen LogP contribution in [0.2, 0.25) is 0 Å². The van der Waals surface area contributed by atoms with Crippen molar-refractivity contribution in [3.05, 3.63) is 151 Å². The van der Waals surface area contributed by atoms with Crippen LogP contribution in [0.5, 0.6) is 0 Å². The van der Waals surface area contributed by atoms with E-state index >= 15 is 0 Å². The molecule has 47 heavy (non-hydrogen) atoms. The van der Waals surface area contributed by atoms with Gasteiger partial charge in [0.25, 0.3) is 0 Å². The lowest BCUT2D eigenvalue weighted by Gasteiger charge is -2.47. The monoisotopic (exact) mass is 613 g/mol. The zero-order valence-corrected chi connectivity index (χ0v) is 28.4. The lowest BCUT2D eigenvalue weighted by Crippen LogP contribution is -2.68. The summed E-state index contributed by atoms with van der Waals surface area (Å²) in [5.41, 5.74) is 13.9. The van der Waals surface area contributed by atoms with Gasteiger partial charge in [0.1, 0.15) is 0 Å². The predicted octanol–water partition coefficient (Wildman–Crippen LogP) is 11.6. The van der Waals surface area contributed by atoms with Gasteiger partial charge in [0.05, 0.1) is 11.0 Å². The van der Waals surface area contributed by atoms with Crippen molar-refractivity contribution in [2.75, 3.05) is 11.9 Å². The Balaban J connectivity index is 1.31. The molecule has 1 aliphatic heterocycles. The number of pyridine rings is 1. The number of hydrogen-bond donors (Lipinski definition) is 0. The molecule has 0 fully saturated rings. The molecule has 0 N–H and O–H groups in total. The van der Waals surface area contributed by atoms with Gasteiger partial charge < -0.3 is 4.90 Å². The minimum atomic E-state index is 0.0334. The number of anilines is 2.